The molecule has 0 aliphatic carbocycles. The van der Waals surface area contributed by atoms with E-state index in [1.54, 1.807) is 33.0 Å². The van der Waals surface area contributed by atoms with Crippen LogP contribution < -0.4 is 38.1 Å². The number of benzene rings is 3. The minimum Gasteiger partial charge on any atom is -0.445 e. The summed E-state index contributed by atoms with van der Waals surface area (Å²) in [4.78, 5) is 83.7. The van der Waals surface area contributed by atoms with E-state index < -0.39 is 47.7 Å². The summed E-state index contributed by atoms with van der Waals surface area (Å²) in [5.74, 6) is -2.52. The van der Waals surface area contributed by atoms with E-state index in [9.17, 15) is 33.2 Å². The topological polar surface area (TPSA) is 246 Å². The van der Waals surface area contributed by atoms with Crippen LogP contribution in [0.5, 0.6) is 0 Å². The number of amides is 7. The van der Waals surface area contributed by atoms with Gasteiger partial charge in [0.25, 0.3) is 11.8 Å². The van der Waals surface area contributed by atoms with E-state index in [1.807, 2.05) is 43.3 Å². The summed E-state index contributed by atoms with van der Waals surface area (Å²) in [6, 6.07) is 12.2. The molecule has 0 unspecified atom stereocenters. The Bertz CT molecular complexity index is 2280. The molecule has 1 aliphatic heterocycles. The molecule has 18 heteroatoms. The van der Waals surface area contributed by atoms with Gasteiger partial charge in [0.2, 0.25) is 11.8 Å². The number of carbonyl (C=O) groups is 6. The van der Waals surface area contributed by atoms with Crippen LogP contribution in [0.1, 0.15) is 70.5 Å². The quantitative estimate of drug-likeness (QED) is 0.0642. The predicted molar refractivity (Wildman–Crippen MR) is 234 cm³/mol. The van der Waals surface area contributed by atoms with Crippen molar-refractivity contribution >= 4 is 52.3 Å². The lowest BCUT2D eigenvalue weighted by Crippen LogP contribution is -2.51. The summed E-state index contributed by atoms with van der Waals surface area (Å²) in [5, 5.41) is 14.4. The number of rotatable bonds is 19. The van der Waals surface area contributed by atoms with Gasteiger partial charge in [0.15, 0.2) is 0 Å². The lowest BCUT2D eigenvalue weighted by molar-refractivity contribution is -0.128. The molecule has 332 valence electrons. The van der Waals surface area contributed by atoms with Gasteiger partial charge in [-0.25, -0.2) is 14.0 Å². The molecule has 2 atom stereocenters. The highest BCUT2D eigenvalue weighted by atomic mass is 19.1. The summed E-state index contributed by atoms with van der Waals surface area (Å²) in [5.41, 5.74) is 16.2. The number of nitrogens with two attached hydrogens (primary N) is 2. The zero-order valence-corrected chi connectivity index (χ0v) is 35.8. The Labute approximate surface area is 359 Å². The molecule has 0 saturated carbocycles. The van der Waals surface area contributed by atoms with Gasteiger partial charge in [0.1, 0.15) is 18.5 Å². The second kappa shape index (κ2) is 21.3. The Kier molecular flexibility index (Phi) is 16.0. The van der Waals surface area contributed by atoms with Crippen molar-refractivity contribution in [2.75, 3.05) is 52.6 Å². The third kappa shape index (κ3) is 12.3. The molecule has 0 fully saturated rings. The van der Waals surface area contributed by atoms with E-state index in [0.717, 1.165) is 28.9 Å². The van der Waals surface area contributed by atoms with Gasteiger partial charge in [-0.3, -0.25) is 19.2 Å². The van der Waals surface area contributed by atoms with E-state index in [1.165, 1.54) is 23.1 Å². The van der Waals surface area contributed by atoms with Crippen molar-refractivity contribution in [2.24, 2.45) is 17.4 Å². The molecule has 2 heterocycles. The highest BCUT2D eigenvalue weighted by Gasteiger charge is 2.27. The average Bonchev–Trinajstić information content (AvgIpc) is 3.50. The van der Waals surface area contributed by atoms with E-state index >= 15 is 0 Å². The van der Waals surface area contributed by atoms with Crippen LogP contribution in [-0.4, -0.2) is 110 Å². The van der Waals surface area contributed by atoms with Crippen molar-refractivity contribution in [3.05, 3.63) is 88.2 Å². The molecule has 7 amide bonds. The summed E-state index contributed by atoms with van der Waals surface area (Å²) in [7, 11) is 5.44. The largest absolute Gasteiger partial charge is 0.445 e. The van der Waals surface area contributed by atoms with Crippen LogP contribution in [-0.2, 0) is 33.9 Å². The SMILES string of the molecule is CC(C)[C@H](N)C(=O)N[C@@H](CCCNC(N)=O)C(=O)Nc1ccc(COC(=O)N(C)Cc2ccc(-c3[nH]c4cc(F)cc5c4c3CCNC5=O)cc2)c(C(=O)NCCCN(C)C)c1. The van der Waals surface area contributed by atoms with Crippen LogP contribution in [0.25, 0.3) is 22.2 Å². The lowest BCUT2D eigenvalue weighted by Gasteiger charge is -2.22. The zero-order valence-electron chi connectivity index (χ0n) is 35.8. The Hall–Kier alpha value is -6.53. The standard InChI is InChI=1S/C44H57FN10O7/c1-25(2)37(46)42(59)53-34(8-6-16-50-43(47)60)41(58)51-30-14-13-28(32(22-30)39(56)48-17-7-19-54(3)4)24-62-44(61)55(5)23-26-9-11-27(12-10-26)38-31-15-18-49-40(57)33-20-29(45)21-35(52-38)36(31)33/h9-14,20-22,25,34,37,52H,6-8,15-19,23-24,46H2,1-5H3,(H,48,56)(H,49,57)(H,51,58)(H,53,59)(H3,47,50,60)/t34-,37-/m0/s1. The maximum atomic E-state index is 14.4. The number of hydrogen-bond acceptors (Lipinski definition) is 9. The van der Waals surface area contributed by atoms with Gasteiger partial charge in [-0.1, -0.05) is 44.2 Å². The fourth-order valence-corrected chi connectivity index (χ4v) is 7.07. The Morgan fingerprint density at radius 1 is 0.935 bits per heavy atom. The molecule has 3 aromatic carbocycles. The number of nitrogens with zero attached hydrogens (tertiary/aromatic N) is 2. The van der Waals surface area contributed by atoms with Gasteiger partial charge < -0.3 is 57.6 Å². The molecule has 1 aromatic heterocycles. The minimum atomic E-state index is -1.02. The molecule has 0 radical (unpaired) electrons. The normalized spacial score (nSPS) is 13.2. The van der Waals surface area contributed by atoms with Gasteiger partial charge in [-0.2, -0.15) is 0 Å². The van der Waals surface area contributed by atoms with E-state index in [2.05, 4.69) is 31.6 Å². The van der Waals surface area contributed by atoms with Crippen LogP contribution >= 0.6 is 0 Å². The highest BCUT2D eigenvalue weighted by Crippen LogP contribution is 2.35. The molecule has 62 heavy (non-hydrogen) atoms. The maximum absolute atomic E-state index is 14.4. The molecule has 17 nitrogen and oxygen atoms in total. The van der Waals surface area contributed by atoms with Gasteiger partial charge in [-0.05, 0) is 93.2 Å². The van der Waals surface area contributed by atoms with Crippen molar-refractivity contribution < 1.29 is 37.9 Å². The Balaban J connectivity index is 1.27. The van der Waals surface area contributed by atoms with Crippen molar-refractivity contribution in [3.8, 4) is 11.3 Å². The van der Waals surface area contributed by atoms with Crippen molar-refractivity contribution in [3.63, 3.8) is 0 Å². The number of primary amides is 1. The smallest absolute Gasteiger partial charge is 0.410 e. The number of urea groups is 1. The summed E-state index contributed by atoms with van der Waals surface area (Å²) >= 11 is 0. The van der Waals surface area contributed by atoms with Crippen LogP contribution in [0.4, 0.5) is 19.7 Å². The molecule has 5 rings (SSSR count). The molecular weight excluding hydrogens is 800 g/mol. The fourth-order valence-electron chi connectivity index (χ4n) is 7.07. The van der Waals surface area contributed by atoms with Crippen LogP contribution in [0.15, 0.2) is 54.6 Å². The predicted octanol–water partition coefficient (Wildman–Crippen LogP) is 3.57. The number of H-pyrrole nitrogens is 1. The second-order valence-corrected chi connectivity index (χ2v) is 16.0. The van der Waals surface area contributed by atoms with E-state index in [4.69, 9.17) is 16.2 Å². The Morgan fingerprint density at radius 3 is 2.35 bits per heavy atom. The number of anilines is 1. The zero-order chi connectivity index (χ0) is 45.1. The van der Waals surface area contributed by atoms with Gasteiger partial charge >= 0.3 is 12.1 Å². The summed E-state index contributed by atoms with van der Waals surface area (Å²) in [6.45, 7) is 5.23. The minimum absolute atomic E-state index is 0.156. The van der Waals surface area contributed by atoms with Crippen molar-refractivity contribution in [1.82, 2.24) is 36.1 Å². The van der Waals surface area contributed by atoms with Crippen molar-refractivity contribution in [2.45, 2.75) is 64.8 Å². The molecular formula is C44H57FN10O7. The molecule has 10 N–H and O–H groups in total. The first kappa shape index (κ1) is 46.5. The average molecular weight is 857 g/mol. The monoisotopic (exact) mass is 856 g/mol. The van der Waals surface area contributed by atoms with Gasteiger partial charge in [-0.15, -0.1) is 0 Å². The van der Waals surface area contributed by atoms with Crippen LogP contribution in [0.2, 0.25) is 0 Å². The molecule has 0 bridgehead atoms. The number of hydrogen-bond donors (Lipinski definition) is 8. The first-order chi connectivity index (χ1) is 29.5. The third-order valence-corrected chi connectivity index (χ3v) is 10.5. The highest BCUT2D eigenvalue weighted by molar-refractivity contribution is 6.10. The van der Waals surface area contributed by atoms with Crippen LogP contribution in [0, 0.1) is 11.7 Å². The first-order valence-electron chi connectivity index (χ1n) is 20.6. The van der Waals surface area contributed by atoms with Gasteiger partial charge in [0.05, 0.1) is 11.6 Å². The lowest BCUT2D eigenvalue weighted by atomic mass is 9.99. The number of halogens is 1. The van der Waals surface area contributed by atoms with Crippen molar-refractivity contribution in [1.29, 1.82) is 0 Å². The van der Waals surface area contributed by atoms with E-state index in [-0.39, 0.29) is 49.2 Å². The fraction of sp³-hybridized carbons (Fsp3) is 0.409. The Morgan fingerprint density at radius 2 is 1.66 bits per heavy atom. The number of aromatic amines is 1. The molecule has 0 spiro atoms. The maximum Gasteiger partial charge on any atom is 0.410 e. The third-order valence-electron chi connectivity index (χ3n) is 10.5. The number of ether oxygens (including phenoxy) is 1. The molecule has 4 aromatic rings. The molecule has 0 saturated heterocycles. The second-order valence-electron chi connectivity index (χ2n) is 16.0. The van der Waals surface area contributed by atoms with Crippen LogP contribution in [0.3, 0.4) is 0 Å². The number of carbonyl (C=O) groups excluding carboxylic acids is 6. The summed E-state index contributed by atoms with van der Waals surface area (Å²) < 4.78 is 20.1. The number of nitrogens with one attached hydrogen (secondary N) is 6. The van der Waals surface area contributed by atoms with Gasteiger partial charge in [0, 0.05) is 66.6 Å². The number of aromatic nitrogens is 1. The summed E-state index contributed by atoms with van der Waals surface area (Å²) in [6.07, 6.45) is 1.08. The first-order valence-corrected chi connectivity index (χ1v) is 20.6. The van der Waals surface area contributed by atoms with E-state index in [0.29, 0.717) is 54.4 Å². The molecule has 1 aliphatic rings.